The van der Waals surface area contributed by atoms with Gasteiger partial charge in [-0.2, -0.15) is 0 Å². The summed E-state index contributed by atoms with van der Waals surface area (Å²) in [5.74, 6) is -0.0785. The molecule has 1 aliphatic heterocycles. The van der Waals surface area contributed by atoms with Crippen LogP contribution in [0, 0.1) is 5.21 Å². The van der Waals surface area contributed by atoms with Gasteiger partial charge in [-0.3, -0.25) is 14.9 Å². The molecule has 10 heavy (non-hydrogen) atoms. The summed E-state index contributed by atoms with van der Waals surface area (Å²) in [5.41, 5.74) is 0. The SMILES string of the molecule is CC(=O)C1CC(C)N([O-])O1. The molecule has 0 aliphatic carbocycles. The van der Waals surface area contributed by atoms with Crippen molar-refractivity contribution in [3.63, 3.8) is 0 Å². The molecule has 0 aromatic heterocycles. The van der Waals surface area contributed by atoms with Crippen molar-refractivity contribution >= 4 is 5.78 Å². The Hall–Kier alpha value is -0.450. The zero-order chi connectivity index (χ0) is 7.72. The van der Waals surface area contributed by atoms with Gasteiger partial charge in [-0.05, 0) is 20.3 Å². The van der Waals surface area contributed by atoms with Crippen LogP contribution >= 0.6 is 0 Å². The van der Waals surface area contributed by atoms with Crippen molar-refractivity contribution < 1.29 is 9.63 Å². The van der Waals surface area contributed by atoms with Crippen LogP contribution in [0.1, 0.15) is 20.3 Å². The Labute approximate surface area is 59.3 Å². The van der Waals surface area contributed by atoms with Gasteiger partial charge < -0.3 is 5.21 Å². The summed E-state index contributed by atoms with van der Waals surface area (Å²) in [7, 11) is 0. The number of carbonyl (C=O) groups excluding carboxylic acids is 1. The van der Waals surface area contributed by atoms with E-state index >= 15 is 0 Å². The van der Waals surface area contributed by atoms with E-state index in [1.54, 1.807) is 6.92 Å². The first kappa shape index (κ1) is 7.65. The van der Waals surface area contributed by atoms with Gasteiger partial charge in [0.25, 0.3) is 0 Å². The van der Waals surface area contributed by atoms with Gasteiger partial charge >= 0.3 is 0 Å². The molecule has 4 heteroatoms. The van der Waals surface area contributed by atoms with Crippen LogP contribution in [0.25, 0.3) is 0 Å². The lowest BCUT2D eigenvalue weighted by Crippen LogP contribution is -2.19. The molecule has 1 aliphatic rings. The number of hydrogen-bond acceptors (Lipinski definition) is 4. The summed E-state index contributed by atoms with van der Waals surface area (Å²) in [6.45, 7) is 3.16. The van der Waals surface area contributed by atoms with E-state index in [9.17, 15) is 10.0 Å². The van der Waals surface area contributed by atoms with Crippen LogP contribution in [0.5, 0.6) is 0 Å². The lowest BCUT2D eigenvalue weighted by Gasteiger charge is -2.24. The first-order chi connectivity index (χ1) is 4.61. The van der Waals surface area contributed by atoms with Crippen molar-refractivity contribution in [2.24, 2.45) is 0 Å². The van der Waals surface area contributed by atoms with E-state index in [1.807, 2.05) is 0 Å². The van der Waals surface area contributed by atoms with Crippen LogP contribution in [0.3, 0.4) is 0 Å². The lowest BCUT2D eigenvalue weighted by molar-refractivity contribution is -0.150. The Morgan fingerprint density at radius 1 is 1.80 bits per heavy atom. The highest BCUT2D eigenvalue weighted by Gasteiger charge is 2.27. The van der Waals surface area contributed by atoms with Gasteiger partial charge in [0.15, 0.2) is 5.78 Å². The third-order valence-electron chi connectivity index (χ3n) is 1.60. The monoisotopic (exact) mass is 144 g/mol. The molecule has 0 N–H and O–H groups in total. The van der Waals surface area contributed by atoms with Crippen LogP contribution in [0.15, 0.2) is 0 Å². The van der Waals surface area contributed by atoms with Gasteiger partial charge in [-0.1, -0.05) is 0 Å². The minimum atomic E-state index is -0.507. The van der Waals surface area contributed by atoms with Crippen molar-refractivity contribution in [1.29, 1.82) is 0 Å². The predicted molar refractivity (Wildman–Crippen MR) is 34.8 cm³/mol. The second kappa shape index (κ2) is 2.65. The maximum atomic E-state index is 10.6. The second-order valence-electron chi connectivity index (χ2n) is 2.57. The van der Waals surface area contributed by atoms with Gasteiger partial charge in [-0.15, -0.1) is 0 Å². The molecule has 0 aromatic carbocycles. The molecular weight excluding hydrogens is 134 g/mol. The van der Waals surface area contributed by atoms with Gasteiger partial charge in [0.05, 0.1) is 0 Å². The van der Waals surface area contributed by atoms with Gasteiger partial charge in [0, 0.05) is 6.04 Å². The normalized spacial score (nSPS) is 34.7. The fourth-order valence-corrected chi connectivity index (χ4v) is 0.908. The number of Topliss-reactive ketones (excluding diaryl/α,β-unsaturated/α-hetero) is 1. The Morgan fingerprint density at radius 3 is 2.60 bits per heavy atom. The molecule has 0 saturated carbocycles. The summed E-state index contributed by atoms with van der Waals surface area (Å²) < 4.78 is 0. The van der Waals surface area contributed by atoms with E-state index in [-0.39, 0.29) is 11.8 Å². The van der Waals surface area contributed by atoms with E-state index in [2.05, 4.69) is 4.84 Å². The first-order valence-corrected chi connectivity index (χ1v) is 3.25. The highest BCUT2D eigenvalue weighted by molar-refractivity contribution is 5.80. The molecule has 2 atom stereocenters. The van der Waals surface area contributed by atoms with E-state index in [0.717, 1.165) is 0 Å². The molecule has 0 aromatic rings. The third kappa shape index (κ3) is 1.34. The van der Waals surface area contributed by atoms with Crippen molar-refractivity contribution in [3.05, 3.63) is 5.21 Å². The van der Waals surface area contributed by atoms with Crippen molar-refractivity contribution in [1.82, 2.24) is 5.23 Å². The molecule has 1 rings (SSSR count). The highest BCUT2D eigenvalue weighted by atomic mass is 16.9. The number of carbonyl (C=O) groups is 1. The smallest absolute Gasteiger partial charge is 0.160 e. The summed E-state index contributed by atoms with van der Waals surface area (Å²) in [6, 6.07) is -0.186. The van der Waals surface area contributed by atoms with E-state index in [0.29, 0.717) is 11.6 Å². The largest absolute Gasteiger partial charge is 0.762 e. The van der Waals surface area contributed by atoms with Crippen LogP contribution in [-0.2, 0) is 9.63 Å². The number of nitrogens with zero attached hydrogens (tertiary/aromatic N) is 1. The number of hydroxylamine groups is 2. The molecule has 4 nitrogen and oxygen atoms in total. The number of hydrogen-bond donors (Lipinski definition) is 0. The molecule has 1 saturated heterocycles. The average Bonchev–Trinajstić information content (AvgIpc) is 2.13. The first-order valence-electron chi connectivity index (χ1n) is 3.25. The van der Waals surface area contributed by atoms with E-state index < -0.39 is 6.10 Å². The van der Waals surface area contributed by atoms with Crippen LogP contribution < -0.4 is 0 Å². The molecule has 0 radical (unpaired) electrons. The van der Waals surface area contributed by atoms with E-state index in [1.165, 1.54) is 6.92 Å². The quantitative estimate of drug-likeness (QED) is 0.536. The highest BCUT2D eigenvalue weighted by Crippen LogP contribution is 2.19. The molecule has 1 fully saturated rings. The van der Waals surface area contributed by atoms with Crippen LogP contribution in [-0.4, -0.2) is 23.2 Å². The maximum absolute atomic E-state index is 10.6. The zero-order valence-electron chi connectivity index (χ0n) is 6.03. The molecule has 0 bridgehead atoms. The summed E-state index contributed by atoms with van der Waals surface area (Å²) >= 11 is 0. The molecule has 1 heterocycles. The molecule has 2 unspecified atom stereocenters. The van der Waals surface area contributed by atoms with Crippen molar-refractivity contribution in [2.45, 2.75) is 32.4 Å². The Kier molecular flexibility index (Phi) is 2.03. The Morgan fingerprint density at radius 2 is 2.40 bits per heavy atom. The molecule has 0 spiro atoms. The van der Waals surface area contributed by atoms with Gasteiger partial charge in [-0.25, -0.2) is 0 Å². The van der Waals surface area contributed by atoms with Gasteiger partial charge in [0.1, 0.15) is 6.10 Å². The average molecular weight is 144 g/mol. The molecule has 58 valence electrons. The van der Waals surface area contributed by atoms with Crippen molar-refractivity contribution in [2.75, 3.05) is 0 Å². The topological polar surface area (TPSA) is 52.6 Å². The van der Waals surface area contributed by atoms with E-state index in [4.69, 9.17) is 0 Å². The standard InChI is InChI=1S/C6H10NO3/c1-4-3-6(5(2)8)10-7(4)9/h4,6H,3H2,1-2H3/q-1. The number of ketones is 1. The number of rotatable bonds is 1. The van der Waals surface area contributed by atoms with Crippen LogP contribution in [0.2, 0.25) is 0 Å². The third-order valence-corrected chi connectivity index (χ3v) is 1.60. The second-order valence-corrected chi connectivity index (χ2v) is 2.57. The molecule has 0 amide bonds. The maximum Gasteiger partial charge on any atom is 0.160 e. The van der Waals surface area contributed by atoms with Gasteiger partial charge in [0.2, 0.25) is 0 Å². The summed E-state index contributed by atoms with van der Waals surface area (Å²) in [5, 5.41) is 11.1. The lowest BCUT2D eigenvalue weighted by atomic mass is 10.1. The fraction of sp³-hybridized carbons (Fsp3) is 0.833. The Balaban J connectivity index is 2.49. The predicted octanol–water partition coefficient (Wildman–Crippen LogP) is 0.468. The minimum Gasteiger partial charge on any atom is -0.762 e. The summed E-state index contributed by atoms with van der Waals surface area (Å²) in [4.78, 5) is 15.3. The molecular formula is C6H10NO3-. The fourth-order valence-electron chi connectivity index (χ4n) is 0.908. The minimum absolute atomic E-state index is 0.0785. The summed E-state index contributed by atoms with van der Waals surface area (Å²) in [6.07, 6.45) is 0.00579. The van der Waals surface area contributed by atoms with Crippen molar-refractivity contribution in [3.8, 4) is 0 Å². The van der Waals surface area contributed by atoms with Crippen LogP contribution in [0.4, 0.5) is 0 Å². The zero-order valence-corrected chi connectivity index (χ0v) is 6.03. The Bertz CT molecular complexity index is 138.